The van der Waals surface area contributed by atoms with Crippen LogP contribution in [0.4, 0.5) is 4.79 Å². The van der Waals surface area contributed by atoms with Gasteiger partial charge in [-0.3, -0.25) is 0 Å². The van der Waals surface area contributed by atoms with Crippen LogP contribution < -0.4 is 5.32 Å². The lowest BCUT2D eigenvalue weighted by atomic mass is 10.2. The van der Waals surface area contributed by atoms with E-state index in [4.69, 9.17) is 9.26 Å². The number of alkyl carbamates (subject to hydrolysis) is 1. The van der Waals surface area contributed by atoms with E-state index < -0.39 is 11.7 Å². The number of ether oxygens (including phenoxy) is 1. The van der Waals surface area contributed by atoms with Gasteiger partial charge in [-0.15, -0.1) is 0 Å². The summed E-state index contributed by atoms with van der Waals surface area (Å²) in [5.74, 6) is 0.898. The summed E-state index contributed by atoms with van der Waals surface area (Å²) in [6.07, 6.45) is -0.502. The van der Waals surface area contributed by atoms with Crippen LogP contribution in [0, 0.1) is 6.92 Å². The van der Waals surface area contributed by atoms with Crippen molar-refractivity contribution in [2.45, 2.75) is 39.8 Å². The van der Waals surface area contributed by atoms with Gasteiger partial charge in [-0.2, -0.15) is 4.98 Å². The Kier molecular flexibility index (Phi) is 3.28. The second kappa shape index (κ2) is 4.29. The monoisotopic (exact) mass is 213 g/mol. The maximum Gasteiger partial charge on any atom is 0.408 e. The first-order valence-corrected chi connectivity index (χ1v) is 4.63. The minimum Gasteiger partial charge on any atom is -0.444 e. The van der Waals surface area contributed by atoms with Gasteiger partial charge in [-0.25, -0.2) is 4.79 Å². The maximum atomic E-state index is 11.2. The van der Waals surface area contributed by atoms with Crippen LogP contribution >= 0.6 is 0 Å². The van der Waals surface area contributed by atoms with Crippen LogP contribution in [0.2, 0.25) is 0 Å². The fraction of sp³-hybridized carbons (Fsp3) is 0.667. The topological polar surface area (TPSA) is 77.2 Å². The molecule has 1 aromatic heterocycles. The van der Waals surface area contributed by atoms with Gasteiger partial charge in [0, 0.05) is 0 Å². The number of carbonyl (C=O) groups is 1. The molecule has 6 heteroatoms. The largest absolute Gasteiger partial charge is 0.444 e. The molecule has 1 N–H and O–H groups in total. The van der Waals surface area contributed by atoms with E-state index in [2.05, 4.69) is 15.5 Å². The molecule has 0 fully saturated rings. The van der Waals surface area contributed by atoms with Crippen molar-refractivity contribution >= 4 is 6.09 Å². The van der Waals surface area contributed by atoms with E-state index >= 15 is 0 Å². The van der Waals surface area contributed by atoms with E-state index in [1.165, 1.54) is 0 Å². The van der Waals surface area contributed by atoms with Crippen LogP contribution in [-0.2, 0) is 11.3 Å². The first-order chi connectivity index (χ1) is 6.87. The predicted octanol–water partition coefficient (Wildman–Crippen LogP) is 1.40. The summed E-state index contributed by atoms with van der Waals surface area (Å²) >= 11 is 0. The maximum absolute atomic E-state index is 11.2. The molecule has 0 radical (unpaired) electrons. The van der Waals surface area contributed by atoms with Gasteiger partial charge in [-0.1, -0.05) is 5.16 Å². The number of aryl methyl sites for hydroxylation is 1. The van der Waals surface area contributed by atoms with Crippen molar-refractivity contribution in [2.75, 3.05) is 0 Å². The lowest BCUT2D eigenvalue weighted by Gasteiger charge is -2.19. The second-order valence-electron chi connectivity index (χ2n) is 4.09. The summed E-state index contributed by atoms with van der Waals surface area (Å²) in [6, 6.07) is 0. The van der Waals surface area contributed by atoms with E-state index in [0.29, 0.717) is 11.7 Å². The van der Waals surface area contributed by atoms with E-state index in [1.54, 1.807) is 27.7 Å². The summed E-state index contributed by atoms with van der Waals surface area (Å²) in [6.45, 7) is 7.27. The molecule has 0 saturated carbocycles. The van der Waals surface area contributed by atoms with Crippen molar-refractivity contribution in [1.82, 2.24) is 15.5 Å². The highest BCUT2D eigenvalue weighted by molar-refractivity contribution is 5.67. The lowest BCUT2D eigenvalue weighted by molar-refractivity contribution is 0.0518. The Labute approximate surface area is 88.0 Å². The molecule has 1 rings (SSSR count). The van der Waals surface area contributed by atoms with Crippen molar-refractivity contribution in [3.8, 4) is 0 Å². The Morgan fingerprint density at radius 2 is 2.20 bits per heavy atom. The number of amides is 1. The Morgan fingerprint density at radius 3 is 2.67 bits per heavy atom. The van der Waals surface area contributed by atoms with Crippen LogP contribution in [0.15, 0.2) is 4.52 Å². The third-order valence-corrected chi connectivity index (χ3v) is 1.35. The van der Waals surface area contributed by atoms with E-state index in [9.17, 15) is 4.79 Å². The highest BCUT2D eigenvalue weighted by Crippen LogP contribution is 2.06. The van der Waals surface area contributed by atoms with Crippen molar-refractivity contribution in [2.24, 2.45) is 0 Å². The molecule has 0 aliphatic heterocycles. The fourth-order valence-electron chi connectivity index (χ4n) is 0.874. The molecule has 0 atom stereocenters. The minimum atomic E-state index is -0.505. The van der Waals surface area contributed by atoms with Gasteiger partial charge in [0.2, 0.25) is 5.89 Å². The van der Waals surface area contributed by atoms with Crippen LogP contribution in [-0.4, -0.2) is 21.8 Å². The minimum absolute atomic E-state index is 0.176. The molecule has 84 valence electrons. The van der Waals surface area contributed by atoms with Crippen molar-refractivity contribution < 1.29 is 14.1 Å². The zero-order valence-corrected chi connectivity index (χ0v) is 9.33. The first-order valence-electron chi connectivity index (χ1n) is 4.63. The average molecular weight is 213 g/mol. The summed E-state index contributed by atoms with van der Waals surface area (Å²) in [5.41, 5.74) is -0.505. The smallest absolute Gasteiger partial charge is 0.408 e. The summed E-state index contributed by atoms with van der Waals surface area (Å²) in [5, 5.41) is 6.10. The highest BCUT2D eigenvalue weighted by Gasteiger charge is 2.16. The number of rotatable bonds is 2. The third-order valence-electron chi connectivity index (χ3n) is 1.35. The molecule has 1 amide bonds. The Morgan fingerprint density at radius 1 is 1.53 bits per heavy atom. The van der Waals surface area contributed by atoms with E-state index in [0.717, 1.165) is 0 Å². The molecular formula is C9H15N3O3. The molecule has 0 aliphatic rings. The number of aromatic nitrogens is 2. The second-order valence-corrected chi connectivity index (χ2v) is 4.09. The number of carbonyl (C=O) groups excluding carboxylic acids is 1. The lowest BCUT2D eigenvalue weighted by Crippen LogP contribution is -2.32. The molecular weight excluding hydrogens is 198 g/mol. The zero-order valence-electron chi connectivity index (χ0n) is 9.33. The van der Waals surface area contributed by atoms with Gasteiger partial charge in [0.25, 0.3) is 0 Å². The Balaban J connectivity index is 2.35. The SMILES string of the molecule is Cc1noc(CNC(=O)OC(C)(C)C)n1. The molecule has 0 unspecified atom stereocenters. The normalized spacial score (nSPS) is 11.2. The average Bonchev–Trinajstić information content (AvgIpc) is 2.45. The van der Waals surface area contributed by atoms with Crippen LogP contribution in [0.25, 0.3) is 0 Å². The van der Waals surface area contributed by atoms with Gasteiger partial charge in [-0.05, 0) is 27.7 Å². The van der Waals surface area contributed by atoms with Gasteiger partial charge >= 0.3 is 6.09 Å². The Bertz CT molecular complexity index is 341. The number of hydrogen-bond donors (Lipinski definition) is 1. The number of nitrogens with one attached hydrogen (secondary N) is 1. The highest BCUT2D eigenvalue weighted by atomic mass is 16.6. The first kappa shape index (κ1) is 11.5. The van der Waals surface area contributed by atoms with E-state index in [-0.39, 0.29) is 6.54 Å². The zero-order chi connectivity index (χ0) is 11.5. The van der Waals surface area contributed by atoms with Crippen molar-refractivity contribution in [1.29, 1.82) is 0 Å². The van der Waals surface area contributed by atoms with Gasteiger partial charge < -0.3 is 14.6 Å². The molecule has 15 heavy (non-hydrogen) atoms. The molecule has 0 aromatic carbocycles. The number of nitrogens with zero attached hydrogens (tertiary/aromatic N) is 2. The molecule has 0 bridgehead atoms. The molecule has 1 aromatic rings. The van der Waals surface area contributed by atoms with E-state index in [1.807, 2.05) is 0 Å². The molecule has 0 spiro atoms. The van der Waals surface area contributed by atoms with Crippen LogP contribution in [0.1, 0.15) is 32.5 Å². The van der Waals surface area contributed by atoms with Gasteiger partial charge in [0.05, 0.1) is 0 Å². The van der Waals surface area contributed by atoms with Crippen LogP contribution in [0.5, 0.6) is 0 Å². The number of hydrogen-bond acceptors (Lipinski definition) is 5. The molecule has 0 saturated heterocycles. The quantitative estimate of drug-likeness (QED) is 0.803. The van der Waals surface area contributed by atoms with Gasteiger partial charge in [0.15, 0.2) is 5.82 Å². The van der Waals surface area contributed by atoms with Gasteiger partial charge in [0.1, 0.15) is 12.1 Å². The van der Waals surface area contributed by atoms with Crippen molar-refractivity contribution in [3.63, 3.8) is 0 Å². The molecule has 1 heterocycles. The summed E-state index contributed by atoms with van der Waals surface area (Å²) in [7, 11) is 0. The van der Waals surface area contributed by atoms with Crippen molar-refractivity contribution in [3.05, 3.63) is 11.7 Å². The Hall–Kier alpha value is -1.59. The van der Waals surface area contributed by atoms with Crippen LogP contribution in [0.3, 0.4) is 0 Å². The third kappa shape index (κ3) is 4.44. The summed E-state index contributed by atoms with van der Waals surface area (Å²) < 4.78 is 9.84. The fourth-order valence-corrected chi connectivity index (χ4v) is 0.874. The standard InChI is InChI=1S/C9H15N3O3/c1-6-11-7(15-12-6)5-10-8(13)14-9(2,3)4/h5H2,1-4H3,(H,10,13). The summed E-state index contributed by atoms with van der Waals surface area (Å²) in [4.78, 5) is 15.1. The molecule has 6 nitrogen and oxygen atoms in total. The molecule has 0 aliphatic carbocycles. The predicted molar refractivity (Wildman–Crippen MR) is 52.1 cm³/mol.